The second-order valence-electron chi connectivity index (χ2n) is 16.1. The molecule has 13 rings (SSSR count). The quantitative estimate of drug-likeness (QED) is 0.160. The summed E-state index contributed by atoms with van der Waals surface area (Å²) in [6.45, 7) is 0.771. The SMILES string of the molecule is Bc1c(N(c2ccc3c(c2)c2ccccc2n3-c2ccccc2)c2cccc3c2Cn2c4ccccc4c4cccc-3c42)ccc2c1c1ccccc1n2-c1ccccc1. The Morgan fingerprint density at radius 2 is 0.950 bits per heavy atom. The number of rotatable bonds is 5. The minimum Gasteiger partial charge on any atom is -0.335 e. The van der Waals surface area contributed by atoms with Crippen molar-refractivity contribution in [2.45, 2.75) is 6.54 Å². The Kier molecular flexibility index (Phi) is 6.99. The maximum Gasteiger partial charge on any atom is 0.142 e. The van der Waals surface area contributed by atoms with E-state index >= 15 is 0 Å². The van der Waals surface area contributed by atoms with Crippen LogP contribution in [0.2, 0.25) is 0 Å². The minimum atomic E-state index is 0.771. The molecule has 3 aromatic heterocycles. The van der Waals surface area contributed by atoms with E-state index in [1.165, 1.54) is 98.9 Å². The van der Waals surface area contributed by atoms with E-state index in [0.29, 0.717) is 0 Å². The highest BCUT2D eigenvalue weighted by Gasteiger charge is 2.28. The monoisotopic (exact) mass is 764 g/mol. The Labute approximate surface area is 347 Å². The molecule has 0 saturated carbocycles. The highest BCUT2D eigenvalue weighted by molar-refractivity contribution is 6.45. The van der Waals surface area contributed by atoms with Crippen LogP contribution in [-0.2, 0) is 6.54 Å². The van der Waals surface area contributed by atoms with Gasteiger partial charge in [0.25, 0.3) is 0 Å². The van der Waals surface area contributed by atoms with E-state index in [2.05, 4.69) is 227 Å². The lowest BCUT2D eigenvalue weighted by atomic mass is 9.87. The molecule has 0 fully saturated rings. The topological polar surface area (TPSA) is 18.0 Å². The summed E-state index contributed by atoms with van der Waals surface area (Å²) >= 11 is 0. The molecule has 280 valence electrons. The van der Waals surface area contributed by atoms with Gasteiger partial charge in [-0.1, -0.05) is 127 Å². The molecule has 0 saturated heterocycles. The molecule has 12 aromatic rings. The van der Waals surface area contributed by atoms with Gasteiger partial charge >= 0.3 is 0 Å². The molecule has 60 heavy (non-hydrogen) atoms. The van der Waals surface area contributed by atoms with Crippen molar-refractivity contribution >= 4 is 95.8 Å². The first-order valence-electron chi connectivity index (χ1n) is 20.8. The number of hydrogen-bond donors (Lipinski definition) is 0. The van der Waals surface area contributed by atoms with E-state index in [0.717, 1.165) is 23.6 Å². The fraction of sp³-hybridized carbons (Fsp3) is 0.0182. The lowest BCUT2D eigenvalue weighted by molar-refractivity contribution is 0.859. The van der Waals surface area contributed by atoms with Gasteiger partial charge in [-0.2, -0.15) is 0 Å². The fourth-order valence-corrected chi connectivity index (χ4v) is 10.5. The van der Waals surface area contributed by atoms with E-state index in [9.17, 15) is 0 Å². The Morgan fingerprint density at radius 3 is 1.70 bits per heavy atom. The summed E-state index contributed by atoms with van der Waals surface area (Å²) in [4.78, 5) is 2.55. The van der Waals surface area contributed by atoms with Gasteiger partial charge in [-0.15, -0.1) is 0 Å². The lowest BCUT2D eigenvalue weighted by Gasteiger charge is -2.32. The first kappa shape index (κ1) is 33.2. The first-order valence-corrected chi connectivity index (χ1v) is 20.8. The van der Waals surface area contributed by atoms with Crippen LogP contribution in [0.1, 0.15) is 5.56 Å². The summed E-state index contributed by atoms with van der Waals surface area (Å²) in [7, 11) is 2.32. The standard InChI is InChI=1S/C55H37BN4/c56-54-52(32-31-51-53(54)43-21-9-12-27-48(43)59(51)36-17-5-2-6-18-36)60(37-29-30-50-44(33-37)40-20-8-11-26-47(40)58(50)35-15-3-1-4-16-35)49-28-14-22-38-41-23-13-24-42-39-19-7-10-25-46(39)57(55(41)42)34-45(38)49/h1-33H,34,56H2. The maximum absolute atomic E-state index is 2.55. The minimum absolute atomic E-state index is 0.771. The summed E-state index contributed by atoms with van der Waals surface area (Å²) in [6, 6.07) is 73.6. The summed E-state index contributed by atoms with van der Waals surface area (Å²) in [5.74, 6) is 0. The van der Waals surface area contributed by atoms with Crippen LogP contribution >= 0.6 is 0 Å². The van der Waals surface area contributed by atoms with Crippen LogP contribution in [0.15, 0.2) is 200 Å². The highest BCUT2D eigenvalue weighted by Crippen LogP contribution is 2.48. The van der Waals surface area contributed by atoms with Crippen molar-refractivity contribution in [1.29, 1.82) is 0 Å². The molecule has 0 unspecified atom stereocenters. The second kappa shape index (κ2) is 12.6. The van der Waals surface area contributed by atoms with E-state index in [-0.39, 0.29) is 0 Å². The van der Waals surface area contributed by atoms with E-state index < -0.39 is 0 Å². The molecule has 9 aromatic carbocycles. The Morgan fingerprint density at radius 1 is 0.400 bits per heavy atom. The summed E-state index contributed by atoms with van der Waals surface area (Å²) in [6.07, 6.45) is 0. The average molecular weight is 765 g/mol. The van der Waals surface area contributed by atoms with Crippen LogP contribution in [-0.4, -0.2) is 21.5 Å². The smallest absolute Gasteiger partial charge is 0.142 e. The maximum atomic E-state index is 2.55. The highest BCUT2D eigenvalue weighted by atomic mass is 15.2. The van der Waals surface area contributed by atoms with Crippen LogP contribution in [0.5, 0.6) is 0 Å². The predicted octanol–water partition coefficient (Wildman–Crippen LogP) is 12.7. The number of fused-ring (bicyclic) bond motifs is 11. The molecule has 5 heteroatoms. The molecule has 0 bridgehead atoms. The summed E-state index contributed by atoms with van der Waals surface area (Å²) in [5, 5.41) is 7.60. The number of para-hydroxylation sites is 6. The van der Waals surface area contributed by atoms with Crippen molar-refractivity contribution in [3.8, 4) is 22.5 Å². The van der Waals surface area contributed by atoms with Crippen molar-refractivity contribution in [2.75, 3.05) is 4.90 Å². The number of benzene rings is 9. The van der Waals surface area contributed by atoms with Crippen LogP contribution in [0.25, 0.3) is 87.9 Å². The third-order valence-corrected chi connectivity index (χ3v) is 13.0. The van der Waals surface area contributed by atoms with Gasteiger partial charge in [-0.25, -0.2) is 0 Å². The van der Waals surface area contributed by atoms with Gasteiger partial charge in [0, 0.05) is 71.7 Å². The van der Waals surface area contributed by atoms with E-state index in [1.54, 1.807) is 0 Å². The van der Waals surface area contributed by atoms with Crippen LogP contribution < -0.4 is 10.4 Å². The molecule has 4 nitrogen and oxygen atoms in total. The van der Waals surface area contributed by atoms with E-state index in [4.69, 9.17) is 0 Å². The molecule has 0 N–H and O–H groups in total. The molecular formula is C55H37BN4. The van der Waals surface area contributed by atoms with Crippen LogP contribution in [0.4, 0.5) is 17.1 Å². The molecule has 4 heterocycles. The zero-order chi connectivity index (χ0) is 39.5. The fourth-order valence-electron chi connectivity index (χ4n) is 10.5. The first-order chi connectivity index (χ1) is 29.7. The molecular weight excluding hydrogens is 727 g/mol. The number of aromatic nitrogens is 3. The van der Waals surface area contributed by atoms with Crippen LogP contribution in [0.3, 0.4) is 0 Å². The zero-order valence-corrected chi connectivity index (χ0v) is 33.0. The van der Waals surface area contributed by atoms with Crippen LogP contribution in [0, 0.1) is 0 Å². The summed E-state index contributed by atoms with van der Waals surface area (Å²) < 4.78 is 7.36. The molecule has 0 amide bonds. The average Bonchev–Trinajstić information content (AvgIpc) is 3.94. The third kappa shape index (κ3) is 4.57. The second-order valence-corrected chi connectivity index (χ2v) is 16.1. The van der Waals surface area contributed by atoms with Crippen molar-refractivity contribution < 1.29 is 0 Å². The van der Waals surface area contributed by atoms with Gasteiger partial charge in [0.1, 0.15) is 7.85 Å². The molecule has 0 radical (unpaired) electrons. The third-order valence-electron chi connectivity index (χ3n) is 13.0. The molecule has 0 aliphatic carbocycles. The largest absolute Gasteiger partial charge is 0.335 e. The number of nitrogens with zero attached hydrogens (tertiary/aromatic N) is 4. The normalized spacial score (nSPS) is 12.3. The number of hydrogen-bond acceptors (Lipinski definition) is 1. The van der Waals surface area contributed by atoms with E-state index in [1.807, 2.05) is 0 Å². The molecule has 1 aliphatic rings. The molecule has 1 aliphatic heterocycles. The van der Waals surface area contributed by atoms with Gasteiger partial charge in [0.05, 0.1) is 39.8 Å². The molecule has 0 atom stereocenters. The van der Waals surface area contributed by atoms with Gasteiger partial charge in [0.2, 0.25) is 0 Å². The van der Waals surface area contributed by atoms with Gasteiger partial charge in [-0.3, -0.25) is 0 Å². The predicted molar refractivity (Wildman–Crippen MR) is 256 cm³/mol. The van der Waals surface area contributed by atoms with Gasteiger partial charge in [0.15, 0.2) is 0 Å². The van der Waals surface area contributed by atoms with Crippen molar-refractivity contribution in [2.24, 2.45) is 0 Å². The Hall–Kier alpha value is -7.76. The lowest BCUT2D eigenvalue weighted by Crippen LogP contribution is -2.22. The Bertz CT molecular complexity index is 3700. The van der Waals surface area contributed by atoms with Crippen molar-refractivity contribution in [1.82, 2.24) is 13.7 Å². The van der Waals surface area contributed by atoms with Gasteiger partial charge in [-0.05, 0) is 84.4 Å². The van der Waals surface area contributed by atoms with Crippen molar-refractivity contribution in [3.63, 3.8) is 0 Å². The van der Waals surface area contributed by atoms with Crippen molar-refractivity contribution in [3.05, 3.63) is 206 Å². The zero-order valence-electron chi connectivity index (χ0n) is 33.0. The molecule has 0 spiro atoms. The Balaban J connectivity index is 1.11. The summed E-state index contributed by atoms with van der Waals surface area (Å²) in [5.41, 5.74) is 18.3. The number of anilines is 3. The van der Waals surface area contributed by atoms with Gasteiger partial charge < -0.3 is 18.6 Å².